The van der Waals surface area contributed by atoms with Crippen LogP contribution in [-0.2, 0) is 32.0 Å². The normalized spacial score (nSPS) is 22.1. The Morgan fingerprint density at radius 1 is 0.846 bits per heavy atom. The lowest BCUT2D eigenvalue weighted by atomic mass is 9.97. The first-order valence-electron chi connectivity index (χ1n) is 17.7. The number of hydrogen-bond acceptors (Lipinski definition) is 7. The van der Waals surface area contributed by atoms with Gasteiger partial charge in [0.1, 0.15) is 23.9 Å². The largest absolute Gasteiger partial charge is 0.484 e. The van der Waals surface area contributed by atoms with E-state index >= 15 is 0 Å². The van der Waals surface area contributed by atoms with Gasteiger partial charge in [-0.3, -0.25) is 34.3 Å². The molecule has 3 aliphatic rings. The number of carbonyl (C=O) groups excluding carboxylic acids is 4. The molecule has 1 fully saturated rings. The molecule has 7 rings (SSSR count). The zero-order valence-corrected chi connectivity index (χ0v) is 29.5. The number of fused-ring (bicyclic) bond motifs is 10. The average Bonchev–Trinajstić information content (AvgIpc) is 3.64. The Balaban J connectivity index is 1.35. The molecule has 2 bridgehead atoms. The molecule has 268 valence electrons. The van der Waals surface area contributed by atoms with Crippen molar-refractivity contribution in [3.63, 3.8) is 0 Å². The summed E-state index contributed by atoms with van der Waals surface area (Å²) in [6.45, 7) is 0.398. The van der Waals surface area contributed by atoms with Crippen molar-refractivity contribution in [1.29, 1.82) is 0 Å². The fourth-order valence-electron chi connectivity index (χ4n) is 6.90. The van der Waals surface area contributed by atoms with Crippen molar-refractivity contribution in [1.82, 2.24) is 25.8 Å². The standard InChI is InChI=1S/C42H45N5O5/c1-46(2)36(28-31-15-8-4-9-16-31)41(50)45-40(49)35-19-12-26-47(35)37-38(32-17-10-5-11-18-32)52-33-22-20-29(21-23-33)24-25-43-39(48)34(44-42(37)51)27-30-13-6-3-7-14-30/h3-11,13-18,20-25,34-38H,12,19,26-28H2,1-2H3,(H,43,48)(H,44,51)(H,45,49,50)/b25-24-/t34-,35-,36-,37-,38+/m0/s1. The molecule has 0 aliphatic carbocycles. The molecule has 1 saturated heterocycles. The van der Waals surface area contributed by atoms with E-state index in [1.54, 1.807) is 17.2 Å². The smallest absolute Gasteiger partial charge is 0.246 e. The summed E-state index contributed by atoms with van der Waals surface area (Å²) in [7, 11) is 3.62. The maximum Gasteiger partial charge on any atom is 0.246 e. The Morgan fingerprint density at radius 2 is 1.48 bits per heavy atom. The summed E-state index contributed by atoms with van der Waals surface area (Å²) in [5.41, 5.74) is 3.42. The highest BCUT2D eigenvalue weighted by Crippen LogP contribution is 2.33. The van der Waals surface area contributed by atoms with Crippen LogP contribution >= 0.6 is 0 Å². The fraction of sp³-hybridized carbons (Fsp3) is 0.286. The minimum absolute atomic E-state index is 0.245. The third-order valence-corrected chi connectivity index (χ3v) is 9.64. The van der Waals surface area contributed by atoms with Gasteiger partial charge in [-0.2, -0.15) is 0 Å². The quantitative estimate of drug-likeness (QED) is 0.239. The molecular formula is C42H45N5O5. The van der Waals surface area contributed by atoms with Crippen molar-refractivity contribution in [3.05, 3.63) is 144 Å². The van der Waals surface area contributed by atoms with Gasteiger partial charge in [0, 0.05) is 12.6 Å². The van der Waals surface area contributed by atoms with Crippen molar-refractivity contribution in [2.45, 2.75) is 56.0 Å². The van der Waals surface area contributed by atoms with E-state index in [4.69, 9.17) is 4.74 Å². The minimum Gasteiger partial charge on any atom is -0.484 e. The molecule has 3 heterocycles. The monoisotopic (exact) mass is 699 g/mol. The van der Waals surface area contributed by atoms with Crippen LogP contribution in [0.4, 0.5) is 0 Å². The summed E-state index contributed by atoms with van der Waals surface area (Å²) in [4.78, 5) is 59.9. The molecule has 10 heteroatoms. The summed E-state index contributed by atoms with van der Waals surface area (Å²) in [5, 5.41) is 8.56. The first kappa shape index (κ1) is 36.2. The van der Waals surface area contributed by atoms with Gasteiger partial charge in [-0.05, 0) is 80.4 Å². The number of imide groups is 1. The topological polar surface area (TPSA) is 120 Å². The van der Waals surface area contributed by atoms with Crippen LogP contribution in [0.25, 0.3) is 6.08 Å². The van der Waals surface area contributed by atoms with Gasteiger partial charge < -0.3 is 15.4 Å². The molecule has 5 atom stereocenters. The van der Waals surface area contributed by atoms with Crippen molar-refractivity contribution in [2.75, 3.05) is 20.6 Å². The Labute approximate surface area is 304 Å². The zero-order valence-electron chi connectivity index (χ0n) is 29.5. The van der Waals surface area contributed by atoms with Gasteiger partial charge in [0.15, 0.2) is 0 Å². The van der Waals surface area contributed by atoms with E-state index in [0.717, 1.165) is 22.3 Å². The number of likely N-dealkylation sites (N-methyl/N-ethyl adjacent to an activating group) is 1. The first-order chi connectivity index (χ1) is 25.3. The highest BCUT2D eigenvalue weighted by atomic mass is 16.5. The summed E-state index contributed by atoms with van der Waals surface area (Å²) in [6.07, 6.45) is 4.19. The van der Waals surface area contributed by atoms with Crippen molar-refractivity contribution < 1.29 is 23.9 Å². The molecule has 3 N–H and O–H groups in total. The number of likely N-dealkylation sites (tertiary alicyclic amines) is 1. The molecule has 0 spiro atoms. The number of amides is 4. The highest BCUT2D eigenvalue weighted by molar-refractivity contribution is 6.00. The summed E-state index contributed by atoms with van der Waals surface area (Å²) >= 11 is 0. The van der Waals surface area contributed by atoms with E-state index in [1.165, 1.54) is 0 Å². The van der Waals surface area contributed by atoms with Gasteiger partial charge in [-0.15, -0.1) is 0 Å². The second-order valence-electron chi connectivity index (χ2n) is 13.5. The molecule has 4 aromatic carbocycles. The van der Waals surface area contributed by atoms with Gasteiger partial charge in [0.2, 0.25) is 23.6 Å². The number of nitrogens with zero attached hydrogens (tertiary/aromatic N) is 2. The number of hydrogen-bond donors (Lipinski definition) is 3. The molecule has 0 unspecified atom stereocenters. The molecule has 4 aromatic rings. The van der Waals surface area contributed by atoms with Crippen molar-refractivity contribution in [3.8, 4) is 5.75 Å². The maximum atomic E-state index is 14.8. The molecule has 0 saturated carbocycles. The first-order valence-corrected chi connectivity index (χ1v) is 17.7. The Bertz CT molecular complexity index is 1850. The van der Waals surface area contributed by atoms with Crippen LogP contribution in [0, 0.1) is 0 Å². The van der Waals surface area contributed by atoms with Crippen molar-refractivity contribution in [2.24, 2.45) is 0 Å². The summed E-state index contributed by atoms with van der Waals surface area (Å²) < 4.78 is 6.69. The van der Waals surface area contributed by atoms with E-state index in [2.05, 4.69) is 16.0 Å². The van der Waals surface area contributed by atoms with E-state index in [0.29, 0.717) is 31.6 Å². The van der Waals surface area contributed by atoms with Crippen LogP contribution in [0.2, 0.25) is 0 Å². The Hall–Kier alpha value is -5.58. The van der Waals surface area contributed by atoms with Crippen LogP contribution in [0.15, 0.2) is 121 Å². The molecule has 0 radical (unpaired) electrons. The highest BCUT2D eigenvalue weighted by Gasteiger charge is 2.45. The molecule has 10 nitrogen and oxygen atoms in total. The Kier molecular flexibility index (Phi) is 11.9. The van der Waals surface area contributed by atoms with Crippen LogP contribution in [0.1, 0.15) is 41.2 Å². The number of ether oxygens (including phenoxy) is 1. The van der Waals surface area contributed by atoms with E-state index in [-0.39, 0.29) is 12.3 Å². The fourth-order valence-corrected chi connectivity index (χ4v) is 6.90. The van der Waals surface area contributed by atoms with E-state index in [9.17, 15) is 19.2 Å². The van der Waals surface area contributed by atoms with Gasteiger partial charge in [0.25, 0.3) is 0 Å². The molecule has 52 heavy (non-hydrogen) atoms. The van der Waals surface area contributed by atoms with Crippen molar-refractivity contribution >= 4 is 29.7 Å². The van der Waals surface area contributed by atoms with Crippen LogP contribution < -0.4 is 20.7 Å². The Morgan fingerprint density at radius 3 is 2.13 bits per heavy atom. The van der Waals surface area contributed by atoms with E-state index in [1.807, 2.05) is 134 Å². The number of rotatable bonds is 9. The van der Waals surface area contributed by atoms with Gasteiger partial charge in [-0.25, -0.2) is 0 Å². The number of nitrogens with one attached hydrogen (secondary N) is 3. The molecule has 0 aromatic heterocycles. The number of carbonyl (C=O) groups is 4. The summed E-state index contributed by atoms with van der Waals surface area (Å²) in [5.74, 6) is -1.20. The van der Waals surface area contributed by atoms with Crippen LogP contribution in [0.3, 0.4) is 0 Å². The molecular weight excluding hydrogens is 654 g/mol. The zero-order chi connectivity index (χ0) is 36.5. The van der Waals surface area contributed by atoms with Gasteiger partial charge in [-0.1, -0.05) is 103 Å². The van der Waals surface area contributed by atoms with E-state index < -0.39 is 48.0 Å². The predicted molar refractivity (Wildman–Crippen MR) is 200 cm³/mol. The molecule has 3 aliphatic heterocycles. The minimum atomic E-state index is -1.05. The second kappa shape index (κ2) is 17.1. The summed E-state index contributed by atoms with van der Waals surface area (Å²) in [6, 6.07) is 32.6. The predicted octanol–water partition coefficient (Wildman–Crippen LogP) is 4.28. The van der Waals surface area contributed by atoms with Gasteiger partial charge >= 0.3 is 0 Å². The third kappa shape index (κ3) is 9.01. The number of benzene rings is 4. The third-order valence-electron chi connectivity index (χ3n) is 9.64. The van der Waals surface area contributed by atoms with Gasteiger partial charge in [0.05, 0.1) is 12.1 Å². The lowest BCUT2D eigenvalue weighted by molar-refractivity contribution is -0.139. The maximum absolute atomic E-state index is 14.8. The average molecular weight is 700 g/mol. The second-order valence-corrected chi connectivity index (χ2v) is 13.5. The van der Waals surface area contributed by atoms with Crippen LogP contribution in [0.5, 0.6) is 5.75 Å². The SMILES string of the molecule is CN(C)[C@@H](Cc1ccccc1)C(=O)NC(=O)[C@@H]1CCCN1[C@@H]1C(=O)N[C@@H](Cc2ccccc2)C(=O)N/C=C\c2ccc(cc2)O[C@@H]1c1ccccc1. The lowest BCUT2D eigenvalue weighted by Crippen LogP contribution is -2.60. The lowest BCUT2D eigenvalue weighted by Gasteiger charge is -2.37. The molecule has 4 amide bonds. The van der Waals surface area contributed by atoms with Crippen LogP contribution in [-0.4, -0.2) is 78.2 Å².